The summed E-state index contributed by atoms with van der Waals surface area (Å²) in [6.45, 7) is 2.22. The van der Waals surface area contributed by atoms with E-state index < -0.39 is 23.4 Å². The lowest BCUT2D eigenvalue weighted by molar-refractivity contribution is -0.124. The number of amides is 4. The summed E-state index contributed by atoms with van der Waals surface area (Å²) >= 11 is 0. The van der Waals surface area contributed by atoms with Crippen molar-refractivity contribution in [2.45, 2.75) is 19.0 Å². The highest BCUT2D eigenvalue weighted by atomic mass is 16.5. The number of nitrogens with one attached hydrogen (secondary N) is 3. The molecular weight excluding hydrogens is 514 g/mol. The van der Waals surface area contributed by atoms with Crippen molar-refractivity contribution in [2.75, 3.05) is 20.3 Å². The van der Waals surface area contributed by atoms with Gasteiger partial charge in [0.05, 0.1) is 25.8 Å². The molecule has 1 fully saturated rings. The number of benzene rings is 3. The minimum Gasteiger partial charge on any atom is -0.497 e. The third kappa shape index (κ3) is 4.03. The van der Waals surface area contributed by atoms with Crippen molar-refractivity contribution in [3.05, 3.63) is 83.0 Å². The number of hydrogen-bond acceptors (Lipinski definition) is 7. The maximum Gasteiger partial charge on any atom is 0.359 e. The van der Waals surface area contributed by atoms with Gasteiger partial charge in [0.2, 0.25) is 0 Å². The normalized spacial score (nSPS) is 18.1. The topological polar surface area (TPSA) is 143 Å². The molecule has 0 radical (unpaired) electrons. The van der Waals surface area contributed by atoms with E-state index in [0.29, 0.717) is 34.3 Å². The number of methoxy groups -OCH3 is 1. The second-order valence-corrected chi connectivity index (χ2v) is 9.63. The lowest BCUT2D eigenvalue weighted by Crippen LogP contribution is -2.52. The summed E-state index contributed by atoms with van der Waals surface area (Å²) in [5.41, 5.74) is 2.91. The molecule has 11 heteroatoms. The molecule has 2 aliphatic rings. The van der Waals surface area contributed by atoms with Crippen LogP contribution in [-0.4, -0.2) is 59.2 Å². The zero-order valence-electron chi connectivity index (χ0n) is 21.7. The lowest BCUT2D eigenvalue weighted by atomic mass is 9.88. The van der Waals surface area contributed by atoms with E-state index in [1.165, 1.54) is 7.11 Å². The molecule has 3 N–H and O–H groups in total. The largest absolute Gasteiger partial charge is 0.497 e. The number of esters is 1. The molecule has 40 heavy (non-hydrogen) atoms. The average Bonchev–Trinajstić information content (AvgIpc) is 3.61. The Morgan fingerprint density at radius 3 is 2.50 bits per heavy atom. The van der Waals surface area contributed by atoms with Gasteiger partial charge in [-0.25, -0.2) is 9.59 Å². The number of ether oxygens (including phenoxy) is 2. The van der Waals surface area contributed by atoms with Gasteiger partial charge in [0.25, 0.3) is 11.8 Å². The molecule has 1 saturated heterocycles. The van der Waals surface area contributed by atoms with E-state index in [4.69, 9.17) is 9.47 Å². The first kappa shape index (κ1) is 25.1. The van der Waals surface area contributed by atoms with E-state index in [-0.39, 0.29) is 24.8 Å². The van der Waals surface area contributed by atoms with Crippen LogP contribution in [0.4, 0.5) is 4.79 Å². The Kier molecular flexibility index (Phi) is 5.98. The molecular formula is C29H25N5O6. The average molecular weight is 540 g/mol. The van der Waals surface area contributed by atoms with Crippen LogP contribution in [0.3, 0.4) is 0 Å². The summed E-state index contributed by atoms with van der Waals surface area (Å²) in [6, 6.07) is 17.4. The number of carbonyl (C=O) groups is 4. The molecule has 4 aromatic rings. The van der Waals surface area contributed by atoms with E-state index in [1.807, 2.05) is 36.4 Å². The summed E-state index contributed by atoms with van der Waals surface area (Å²) in [4.78, 5) is 52.6. The molecule has 2 aliphatic heterocycles. The lowest BCUT2D eigenvalue weighted by Gasteiger charge is -2.31. The zero-order chi connectivity index (χ0) is 28.0. The van der Waals surface area contributed by atoms with E-state index in [9.17, 15) is 19.2 Å². The number of fused-ring (bicyclic) bond motifs is 2. The minimum atomic E-state index is -1.47. The smallest absolute Gasteiger partial charge is 0.359 e. The highest BCUT2D eigenvalue weighted by molar-refractivity contribution is 6.08. The van der Waals surface area contributed by atoms with Gasteiger partial charge in [-0.1, -0.05) is 36.4 Å². The first-order valence-corrected chi connectivity index (χ1v) is 12.7. The molecule has 1 aromatic heterocycles. The van der Waals surface area contributed by atoms with E-state index in [0.717, 1.165) is 16.7 Å². The predicted octanol–water partition coefficient (Wildman–Crippen LogP) is 3.11. The predicted molar refractivity (Wildman–Crippen MR) is 144 cm³/mol. The fraction of sp³-hybridized carbons (Fsp3) is 0.207. The van der Waals surface area contributed by atoms with Gasteiger partial charge in [-0.15, -0.1) is 0 Å². The fourth-order valence-electron chi connectivity index (χ4n) is 5.27. The van der Waals surface area contributed by atoms with E-state index >= 15 is 0 Å². The molecule has 0 spiro atoms. The Bertz CT molecular complexity index is 1700. The van der Waals surface area contributed by atoms with Gasteiger partial charge in [-0.05, 0) is 53.4 Å². The van der Waals surface area contributed by atoms with Crippen LogP contribution in [0.5, 0.6) is 5.75 Å². The highest BCUT2D eigenvalue weighted by Crippen LogP contribution is 2.34. The molecule has 11 nitrogen and oxygen atoms in total. The van der Waals surface area contributed by atoms with Gasteiger partial charge in [0.15, 0.2) is 11.2 Å². The van der Waals surface area contributed by atoms with Gasteiger partial charge >= 0.3 is 12.0 Å². The molecule has 1 atom stereocenters. The number of hydrogen-bond donors (Lipinski definition) is 3. The fourth-order valence-corrected chi connectivity index (χ4v) is 5.27. The second kappa shape index (κ2) is 9.53. The zero-order valence-corrected chi connectivity index (χ0v) is 21.7. The number of rotatable bonds is 7. The quantitative estimate of drug-likeness (QED) is 0.242. The molecule has 0 saturated carbocycles. The summed E-state index contributed by atoms with van der Waals surface area (Å²) in [7, 11) is 1.53. The van der Waals surface area contributed by atoms with E-state index in [1.54, 1.807) is 36.1 Å². The SMILES string of the molecule is CCOC(=O)c1n[nH]c2ccc(-c3ccc([C@]4(CN5Cc6ccc(OC)cc6C5=O)NC(=O)NC4=O)cc3)cc12. The number of aromatic nitrogens is 2. The molecule has 202 valence electrons. The first-order valence-electron chi connectivity index (χ1n) is 12.7. The second-order valence-electron chi connectivity index (χ2n) is 9.63. The molecule has 4 amide bonds. The number of imide groups is 1. The van der Waals surface area contributed by atoms with Crippen LogP contribution in [0.15, 0.2) is 60.7 Å². The Morgan fingerprint density at radius 1 is 1.02 bits per heavy atom. The van der Waals surface area contributed by atoms with Crippen LogP contribution in [0.25, 0.3) is 22.0 Å². The minimum absolute atomic E-state index is 0.0520. The number of urea groups is 1. The van der Waals surface area contributed by atoms with Crippen molar-refractivity contribution in [1.82, 2.24) is 25.7 Å². The Hall–Kier alpha value is -5.19. The van der Waals surface area contributed by atoms with Gasteiger partial charge in [0, 0.05) is 17.5 Å². The number of aromatic amines is 1. The first-order chi connectivity index (χ1) is 19.3. The summed E-state index contributed by atoms with van der Waals surface area (Å²) in [6.07, 6.45) is 0. The molecule has 0 unspecified atom stereocenters. The van der Waals surface area contributed by atoms with Gasteiger partial charge in [-0.3, -0.25) is 20.0 Å². The summed E-state index contributed by atoms with van der Waals surface area (Å²) < 4.78 is 10.4. The van der Waals surface area contributed by atoms with Crippen LogP contribution in [0, 0.1) is 0 Å². The Labute approximate surface area is 228 Å². The van der Waals surface area contributed by atoms with E-state index in [2.05, 4.69) is 20.8 Å². The van der Waals surface area contributed by atoms with Crippen molar-refractivity contribution in [2.24, 2.45) is 0 Å². The van der Waals surface area contributed by atoms with Gasteiger partial charge in [0.1, 0.15) is 5.75 Å². The van der Waals surface area contributed by atoms with Crippen LogP contribution in [0.1, 0.15) is 38.9 Å². The van der Waals surface area contributed by atoms with Crippen LogP contribution in [0.2, 0.25) is 0 Å². The van der Waals surface area contributed by atoms with Crippen molar-refractivity contribution < 1.29 is 28.7 Å². The van der Waals surface area contributed by atoms with Crippen molar-refractivity contribution in [1.29, 1.82) is 0 Å². The Morgan fingerprint density at radius 2 is 1.80 bits per heavy atom. The third-order valence-corrected chi connectivity index (χ3v) is 7.31. The van der Waals surface area contributed by atoms with Gasteiger partial charge in [-0.2, -0.15) is 5.10 Å². The number of nitrogens with zero attached hydrogens (tertiary/aromatic N) is 2. The van der Waals surface area contributed by atoms with Gasteiger partial charge < -0.3 is 19.7 Å². The standard InChI is InChI=1S/C29H25N5O6/c1-3-40-26(36)24-22-12-17(7-11-23(22)32-33-24)16-4-8-19(9-5-16)29(27(37)30-28(38)31-29)15-34-14-18-6-10-20(39-2)13-21(18)25(34)35/h4-13H,3,14-15H2,1-2H3,(H,32,33)(H2,30,31,37,38)/t29-/m0/s1. The summed E-state index contributed by atoms with van der Waals surface area (Å²) in [5, 5.41) is 12.6. The molecule has 0 aliphatic carbocycles. The molecule has 0 bridgehead atoms. The maximum atomic E-state index is 13.2. The monoisotopic (exact) mass is 539 g/mol. The molecule has 3 aromatic carbocycles. The maximum absolute atomic E-state index is 13.2. The Balaban J connectivity index is 1.32. The number of carbonyl (C=O) groups excluding carboxylic acids is 4. The molecule has 6 rings (SSSR count). The molecule has 3 heterocycles. The van der Waals surface area contributed by atoms with Crippen LogP contribution in [-0.2, 0) is 21.6 Å². The highest BCUT2D eigenvalue weighted by Gasteiger charge is 2.50. The van der Waals surface area contributed by atoms with Crippen molar-refractivity contribution in [3.8, 4) is 16.9 Å². The summed E-state index contributed by atoms with van der Waals surface area (Å²) in [5.74, 6) is -0.729. The van der Waals surface area contributed by atoms with Crippen molar-refractivity contribution >= 4 is 34.7 Å². The van der Waals surface area contributed by atoms with Crippen LogP contribution < -0.4 is 15.4 Å². The van der Waals surface area contributed by atoms with Crippen LogP contribution >= 0.6 is 0 Å². The number of H-pyrrole nitrogens is 1. The van der Waals surface area contributed by atoms with Crippen molar-refractivity contribution in [3.63, 3.8) is 0 Å². The third-order valence-electron chi connectivity index (χ3n) is 7.31.